The van der Waals surface area contributed by atoms with Crippen molar-refractivity contribution < 1.29 is 27.9 Å². The van der Waals surface area contributed by atoms with E-state index in [9.17, 15) is 23.1 Å². The number of esters is 1. The number of nitrogens with zero attached hydrogens (tertiary/aromatic N) is 1. The minimum atomic E-state index is -3.12. The number of hydrogen-bond acceptors (Lipinski definition) is 6. The van der Waals surface area contributed by atoms with Crippen LogP contribution in [0, 0.1) is 13.8 Å². The summed E-state index contributed by atoms with van der Waals surface area (Å²) in [5.74, 6) is -1.02. The fraction of sp³-hybridized carbons (Fsp3) is 0.684. The van der Waals surface area contributed by atoms with E-state index in [1.165, 1.54) is 4.90 Å². The van der Waals surface area contributed by atoms with Gasteiger partial charge in [0.25, 0.3) is 5.91 Å². The maximum Gasteiger partial charge on any atom is 0.355 e. The Hall–Kier alpha value is -1.87. The molecule has 0 aromatic carbocycles. The average molecular weight is 415 g/mol. The number of aliphatic hydroxyl groups excluding tert-OH is 1. The van der Waals surface area contributed by atoms with E-state index in [4.69, 9.17) is 4.74 Å². The molecule has 0 bridgehead atoms. The SMILES string of the molecule is CCCCN(C(=O)COC(=O)c1[nH]c(C)c([C@@H](C)O)c1C)[C@@H]1CCS(=O)(=O)C1. The van der Waals surface area contributed by atoms with Crippen molar-refractivity contribution in [2.75, 3.05) is 24.7 Å². The molecule has 0 unspecified atom stereocenters. The number of amides is 1. The summed E-state index contributed by atoms with van der Waals surface area (Å²) in [6.07, 6.45) is 1.31. The van der Waals surface area contributed by atoms with Crippen molar-refractivity contribution >= 4 is 21.7 Å². The lowest BCUT2D eigenvalue weighted by Crippen LogP contribution is -2.43. The largest absolute Gasteiger partial charge is 0.451 e. The molecule has 2 N–H and O–H groups in total. The van der Waals surface area contributed by atoms with Crippen LogP contribution in [0.2, 0.25) is 0 Å². The number of nitrogens with one attached hydrogen (secondary N) is 1. The summed E-state index contributed by atoms with van der Waals surface area (Å²) < 4.78 is 28.7. The van der Waals surface area contributed by atoms with Crippen LogP contribution >= 0.6 is 0 Å². The molecule has 2 rings (SSSR count). The molecule has 1 aliphatic rings. The third kappa shape index (κ3) is 5.14. The second-order valence-electron chi connectivity index (χ2n) is 7.41. The van der Waals surface area contributed by atoms with Crippen LogP contribution in [0.1, 0.15) is 66.5 Å². The molecule has 1 amide bonds. The highest BCUT2D eigenvalue weighted by Crippen LogP contribution is 2.25. The number of sulfone groups is 1. The molecule has 9 heteroatoms. The Labute approximate surface area is 166 Å². The summed E-state index contributed by atoms with van der Waals surface area (Å²) in [4.78, 5) is 29.5. The van der Waals surface area contributed by atoms with Gasteiger partial charge in [-0.3, -0.25) is 4.79 Å². The van der Waals surface area contributed by atoms with E-state index in [0.717, 1.165) is 12.8 Å². The van der Waals surface area contributed by atoms with Crippen LogP contribution in [-0.4, -0.2) is 66.0 Å². The van der Waals surface area contributed by atoms with Crippen LogP contribution in [0.25, 0.3) is 0 Å². The summed E-state index contributed by atoms with van der Waals surface area (Å²) in [6.45, 7) is 7.07. The molecule has 28 heavy (non-hydrogen) atoms. The molecular weight excluding hydrogens is 384 g/mol. The molecule has 0 aliphatic carbocycles. The number of aliphatic hydroxyl groups is 1. The summed E-state index contributed by atoms with van der Waals surface area (Å²) in [5.41, 5.74) is 2.12. The third-order valence-electron chi connectivity index (χ3n) is 5.17. The summed E-state index contributed by atoms with van der Waals surface area (Å²) in [6, 6.07) is -0.362. The minimum absolute atomic E-state index is 0.0386. The van der Waals surface area contributed by atoms with Crippen LogP contribution in [0.4, 0.5) is 0 Å². The van der Waals surface area contributed by atoms with Gasteiger partial charge in [0.1, 0.15) is 5.69 Å². The summed E-state index contributed by atoms with van der Waals surface area (Å²) in [5, 5.41) is 9.84. The van der Waals surface area contributed by atoms with E-state index in [1.54, 1.807) is 20.8 Å². The standard InChI is InChI=1S/C19H30N2O6S/c1-5-6-8-21(15-7-9-28(25,26)11-15)16(23)10-27-19(24)18-12(2)17(14(4)22)13(3)20-18/h14-15,20,22H,5-11H2,1-4H3/t14-,15-/m1/s1. The van der Waals surface area contributed by atoms with Crippen molar-refractivity contribution in [2.24, 2.45) is 0 Å². The lowest BCUT2D eigenvalue weighted by molar-refractivity contribution is -0.136. The van der Waals surface area contributed by atoms with E-state index >= 15 is 0 Å². The van der Waals surface area contributed by atoms with Crippen LogP contribution in [-0.2, 0) is 19.4 Å². The van der Waals surface area contributed by atoms with Crippen molar-refractivity contribution in [3.8, 4) is 0 Å². The number of hydrogen-bond donors (Lipinski definition) is 2. The Balaban J connectivity index is 2.06. The van der Waals surface area contributed by atoms with Gasteiger partial charge in [0.2, 0.25) is 0 Å². The minimum Gasteiger partial charge on any atom is -0.451 e. The van der Waals surface area contributed by atoms with Gasteiger partial charge in [-0.1, -0.05) is 13.3 Å². The lowest BCUT2D eigenvalue weighted by Gasteiger charge is -2.28. The Bertz CT molecular complexity index is 828. The van der Waals surface area contributed by atoms with Gasteiger partial charge in [0, 0.05) is 23.8 Å². The van der Waals surface area contributed by atoms with Crippen LogP contribution in [0.3, 0.4) is 0 Å². The molecule has 158 valence electrons. The van der Waals surface area contributed by atoms with Gasteiger partial charge < -0.3 is 19.7 Å². The number of aromatic amines is 1. The highest BCUT2D eigenvalue weighted by molar-refractivity contribution is 7.91. The first-order valence-corrected chi connectivity index (χ1v) is 11.4. The van der Waals surface area contributed by atoms with Crippen molar-refractivity contribution in [3.63, 3.8) is 0 Å². The molecule has 1 saturated heterocycles. The first kappa shape index (κ1) is 22.4. The number of ether oxygens (including phenoxy) is 1. The maximum atomic E-state index is 12.7. The van der Waals surface area contributed by atoms with Crippen LogP contribution in [0.15, 0.2) is 0 Å². The van der Waals surface area contributed by atoms with Gasteiger partial charge in [-0.15, -0.1) is 0 Å². The van der Waals surface area contributed by atoms with Gasteiger partial charge in [-0.05, 0) is 39.2 Å². The van der Waals surface area contributed by atoms with Crippen LogP contribution in [0.5, 0.6) is 0 Å². The van der Waals surface area contributed by atoms with E-state index in [2.05, 4.69) is 4.98 Å². The summed E-state index contributed by atoms with van der Waals surface area (Å²) >= 11 is 0. The second-order valence-corrected chi connectivity index (χ2v) is 9.64. The molecular formula is C19H30N2O6S. The Morgan fingerprint density at radius 2 is 2.04 bits per heavy atom. The molecule has 1 fully saturated rings. The summed E-state index contributed by atoms with van der Waals surface area (Å²) in [7, 11) is -3.12. The zero-order chi connectivity index (χ0) is 21.1. The molecule has 0 spiro atoms. The molecule has 2 atom stereocenters. The Kier molecular flexibility index (Phi) is 7.28. The Morgan fingerprint density at radius 3 is 2.54 bits per heavy atom. The number of carbonyl (C=O) groups excluding carboxylic acids is 2. The van der Waals surface area contributed by atoms with Crippen LogP contribution < -0.4 is 0 Å². The van der Waals surface area contributed by atoms with E-state index < -0.39 is 28.5 Å². The smallest absolute Gasteiger partial charge is 0.355 e. The molecule has 1 aromatic rings. The maximum absolute atomic E-state index is 12.7. The van der Waals surface area contributed by atoms with Gasteiger partial charge in [0.05, 0.1) is 17.6 Å². The van der Waals surface area contributed by atoms with Gasteiger partial charge in [-0.2, -0.15) is 0 Å². The fourth-order valence-electron chi connectivity index (χ4n) is 3.74. The Morgan fingerprint density at radius 1 is 1.36 bits per heavy atom. The van der Waals surface area contributed by atoms with Crippen molar-refractivity contribution in [1.82, 2.24) is 9.88 Å². The number of carbonyl (C=O) groups is 2. The zero-order valence-corrected chi connectivity index (χ0v) is 17.8. The monoisotopic (exact) mass is 414 g/mol. The molecule has 2 heterocycles. The predicted octanol–water partition coefficient (Wildman–Crippen LogP) is 1.66. The predicted molar refractivity (Wildman–Crippen MR) is 105 cm³/mol. The molecule has 1 aliphatic heterocycles. The van der Waals surface area contributed by atoms with E-state index in [-0.39, 0.29) is 29.1 Å². The fourth-order valence-corrected chi connectivity index (χ4v) is 5.47. The molecule has 8 nitrogen and oxygen atoms in total. The number of aromatic nitrogens is 1. The van der Waals surface area contributed by atoms with Gasteiger partial charge in [0.15, 0.2) is 16.4 Å². The average Bonchev–Trinajstić information content (AvgIpc) is 3.11. The number of H-pyrrole nitrogens is 1. The lowest BCUT2D eigenvalue weighted by atomic mass is 10.1. The number of aryl methyl sites for hydroxylation is 1. The van der Waals surface area contributed by atoms with Crippen molar-refractivity contribution in [2.45, 2.75) is 59.1 Å². The third-order valence-corrected chi connectivity index (χ3v) is 6.92. The van der Waals surface area contributed by atoms with Crippen molar-refractivity contribution in [3.05, 3.63) is 22.5 Å². The van der Waals surface area contributed by atoms with E-state index in [1.807, 2.05) is 6.92 Å². The number of unbranched alkanes of at least 4 members (excludes halogenated alkanes) is 1. The van der Waals surface area contributed by atoms with Crippen molar-refractivity contribution in [1.29, 1.82) is 0 Å². The highest BCUT2D eigenvalue weighted by atomic mass is 32.2. The molecule has 1 aromatic heterocycles. The van der Waals surface area contributed by atoms with Gasteiger partial charge in [-0.25, -0.2) is 13.2 Å². The zero-order valence-electron chi connectivity index (χ0n) is 16.9. The normalized spacial score (nSPS) is 19.4. The van der Waals surface area contributed by atoms with E-state index in [0.29, 0.717) is 29.8 Å². The topological polar surface area (TPSA) is 117 Å². The molecule has 0 radical (unpaired) electrons. The molecule has 0 saturated carbocycles. The first-order valence-electron chi connectivity index (χ1n) is 9.61. The first-order chi connectivity index (χ1) is 13.1. The second kappa shape index (κ2) is 9.09. The van der Waals surface area contributed by atoms with Gasteiger partial charge >= 0.3 is 5.97 Å². The number of rotatable bonds is 8. The quantitative estimate of drug-likeness (QED) is 0.625. The highest BCUT2D eigenvalue weighted by Gasteiger charge is 2.34.